The molecule has 0 radical (unpaired) electrons. The first kappa shape index (κ1) is 58.6. The zero-order chi connectivity index (χ0) is 38.8. The summed E-state index contributed by atoms with van der Waals surface area (Å²) in [5.74, 6) is 0. The van der Waals surface area contributed by atoms with Crippen molar-refractivity contribution in [1.29, 1.82) is 0 Å². The standard InChI is InChI=1S/C9H11F9O6.C7H12F3O3.C2H4F2O2.C2H3F2O.2Rf/c10-6(11,20)3-21-1-5(19)2-22-4-7(12,13)23-8(14,15)9(16,17)24-18;8-1-2-12-3-6(11)4-13-5-7(9)10;3-2(4,6)1-5;3-2(4)1-5;;/h5,19-20H,1-4H2;6,11H,1-5H2;5-6H,1H2;5H,1H2;;/q;-1;;-1;;. The van der Waals surface area contributed by atoms with E-state index in [0.29, 0.717) is 0 Å². The Morgan fingerprint density at radius 1 is 0.600 bits per heavy atom. The van der Waals surface area contributed by atoms with E-state index in [2.05, 4.69) is 23.7 Å². The van der Waals surface area contributed by atoms with Crippen molar-refractivity contribution in [3.05, 3.63) is 12.9 Å². The monoisotopic (exact) mass is 1300 g/mol. The molecule has 12 nitrogen and oxygen atoms in total. The maximum Gasteiger partial charge on any atom is 0.478 e. The van der Waals surface area contributed by atoms with Crippen molar-refractivity contribution in [1.82, 2.24) is 0 Å². The number of ether oxygens (including phenoxy) is 5. The number of alkyl halides is 11. The van der Waals surface area contributed by atoms with Gasteiger partial charge in [-0.2, -0.15) is 43.9 Å². The molecular formula is C20H30F16O12Rf2-2. The van der Waals surface area contributed by atoms with Crippen LogP contribution in [-0.2, 0) is 28.6 Å². The number of halogens is 16. The third kappa shape index (κ3) is 42.4. The molecule has 0 aromatic carbocycles. The van der Waals surface area contributed by atoms with Gasteiger partial charge in [0.05, 0.1) is 33.0 Å². The Morgan fingerprint density at radius 3 is 1.30 bits per heavy atom. The molecule has 6 N–H and O–H groups in total. The van der Waals surface area contributed by atoms with Gasteiger partial charge < -0.3 is 67.1 Å². The minimum absolute atomic E-state index is 0. The second kappa shape index (κ2) is 29.2. The van der Waals surface area contributed by atoms with Gasteiger partial charge in [0.1, 0.15) is 38.7 Å². The van der Waals surface area contributed by atoms with Crippen molar-refractivity contribution < 1.29 is 130 Å². The number of aliphatic hydroxyl groups excluding tert-OH is 4. The van der Waals surface area contributed by atoms with Crippen LogP contribution in [0.3, 0.4) is 0 Å². The largest absolute Gasteiger partial charge is 0.478 e. The number of hydrogen-bond donors (Lipinski definition) is 6. The normalized spacial score (nSPS) is 13.4. The van der Waals surface area contributed by atoms with Crippen molar-refractivity contribution >= 4 is 0 Å². The van der Waals surface area contributed by atoms with Gasteiger partial charge >= 0.3 is 30.5 Å². The Morgan fingerprint density at radius 2 is 0.980 bits per heavy atom. The van der Waals surface area contributed by atoms with Gasteiger partial charge in [-0.25, -0.2) is 9.13 Å². The summed E-state index contributed by atoms with van der Waals surface area (Å²) in [5.41, 5.74) is 0. The summed E-state index contributed by atoms with van der Waals surface area (Å²) in [6.07, 6.45) is -31.8. The minimum Gasteiger partial charge on any atom is -0.423 e. The topological polar surface area (TPSA) is 177 Å². The average molecular weight is 1300 g/mol. The summed E-state index contributed by atoms with van der Waals surface area (Å²) in [6.45, 7) is -10.1. The third-order valence-corrected chi connectivity index (χ3v) is 3.24. The fraction of sp³-hybridized carbons (Fsp3) is 0.900. The second-order valence-corrected chi connectivity index (χ2v) is 7.79. The Balaban J connectivity index is -0.000000155. The molecule has 0 aliphatic heterocycles. The van der Waals surface area contributed by atoms with E-state index < -0.39 is 109 Å². The average Bonchev–Trinajstić information content (AvgIpc) is 2.92. The maximum atomic E-state index is 12.9. The summed E-state index contributed by atoms with van der Waals surface area (Å²) in [7, 11) is 0. The fourth-order valence-corrected chi connectivity index (χ4v) is 1.60. The van der Waals surface area contributed by atoms with E-state index >= 15 is 0 Å². The van der Waals surface area contributed by atoms with E-state index in [1.165, 1.54) is 0 Å². The molecule has 2 atom stereocenters. The van der Waals surface area contributed by atoms with Gasteiger partial charge in [0.2, 0.25) is 0 Å². The van der Waals surface area contributed by atoms with Crippen LogP contribution in [0.2, 0.25) is 0 Å². The molecule has 0 aliphatic rings. The molecule has 0 fully saturated rings. The molecule has 0 saturated carbocycles. The van der Waals surface area contributed by atoms with Crippen LogP contribution in [0.25, 0.3) is 0 Å². The van der Waals surface area contributed by atoms with Crippen LogP contribution in [0.1, 0.15) is 0 Å². The Labute approximate surface area is 259 Å². The molecule has 0 amide bonds. The number of rotatable bonds is 22. The van der Waals surface area contributed by atoms with Gasteiger partial charge in [-0.3, -0.25) is 0 Å². The molecule has 0 saturated heterocycles. The van der Waals surface area contributed by atoms with Gasteiger partial charge in [-0.15, -0.1) is 4.94 Å². The summed E-state index contributed by atoms with van der Waals surface area (Å²) < 4.78 is 206. The van der Waals surface area contributed by atoms with Gasteiger partial charge in [-0.1, -0.05) is 0 Å². The Bertz CT molecular complexity index is 746. The van der Waals surface area contributed by atoms with Crippen LogP contribution in [0.5, 0.6) is 0 Å². The Kier molecular flexibility index (Phi) is 34.2. The first-order chi connectivity index (χ1) is 21.6. The quantitative estimate of drug-likeness (QED) is 0.0532. The molecule has 2 unspecified atom stereocenters. The predicted molar refractivity (Wildman–Crippen MR) is 119 cm³/mol. The van der Waals surface area contributed by atoms with Crippen molar-refractivity contribution in [2.24, 2.45) is 0 Å². The molecule has 300 valence electrons. The Hall–Kier alpha value is -3.60. The van der Waals surface area contributed by atoms with Gasteiger partial charge in [-0.05, 0) is 17.7 Å². The van der Waals surface area contributed by atoms with Crippen molar-refractivity contribution in [3.8, 4) is 0 Å². The van der Waals surface area contributed by atoms with Gasteiger partial charge in [0.15, 0.2) is 0 Å². The van der Waals surface area contributed by atoms with Crippen LogP contribution >= 0.6 is 0 Å². The van der Waals surface area contributed by atoms with Crippen LogP contribution in [0.4, 0.5) is 70.4 Å². The van der Waals surface area contributed by atoms with Crippen molar-refractivity contribution in [2.45, 2.75) is 42.8 Å². The smallest absolute Gasteiger partial charge is 0.423 e. The van der Waals surface area contributed by atoms with Crippen LogP contribution < -0.4 is 0 Å². The van der Waals surface area contributed by atoms with Crippen LogP contribution in [0.15, 0.2) is 0 Å². The molecule has 50 heavy (non-hydrogen) atoms. The fourth-order valence-electron chi connectivity index (χ4n) is 1.60. The maximum absolute atomic E-state index is 12.9. The third-order valence-electron chi connectivity index (χ3n) is 3.24. The van der Waals surface area contributed by atoms with E-state index in [9.17, 15) is 70.4 Å². The molecule has 0 bridgehead atoms. The zero-order valence-electron chi connectivity index (χ0n) is 25.0. The molecule has 0 aromatic rings. The molecule has 0 aliphatic carbocycles. The molecule has 0 spiro atoms. The summed E-state index contributed by atoms with van der Waals surface area (Å²) in [4.78, 5) is 1.54. The van der Waals surface area contributed by atoms with Gasteiger partial charge in [0, 0.05) is 12.9 Å². The van der Waals surface area contributed by atoms with E-state index in [4.69, 9.17) is 30.6 Å². The molecule has 0 rings (SSSR count). The van der Waals surface area contributed by atoms with E-state index in [1.54, 1.807) is 4.94 Å². The number of hydrogen-bond acceptors (Lipinski definition) is 12. The first-order valence-corrected chi connectivity index (χ1v) is 11.7. The molecule has 0 heterocycles. The predicted octanol–water partition coefficient (Wildman–Crippen LogP) is 2.41. The minimum atomic E-state index is -6.05. The number of aliphatic hydroxyl groups is 6. The van der Waals surface area contributed by atoms with Gasteiger partial charge in [0.25, 0.3) is 0 Å². The van der Waals surface area contributed by atoms with E-state index in [-0.39, 0.29) is 19.8 Å². The second-order valence-electron chi connectivity index (χ2n) is 7.79. The summed E-state index contributed by atoms with van der Waals surface area (Å²) in [6, 6.07) is 0. The van der Waals surface area contributed by atoms with Crippen LogP contribution in [-0.4, -0.2) is 146 Å². The van der Waals surface area contributed by atoms with Crippen molar-refractivity contribution in [3.63, 3.8) is 0 Å². The first-order valence-electron chi connectivity index (χ1n) is 11.7. The van der Waals surface area contributed by atoms with E-state index in [1.807, 2.05) is 0 Å². The molecular weight excluding hydrogens is 1270 g/mol. The SMILES string of the molecule is OC(COCC(O)(F)F)COCC(F)(F)OC(F)(F)C(F)(F)OF.OC(COCCF)COC[C-](F)F.OCC(O)(F)F.OC[C-](F)F.[Rf].[Rf]. The zero-order valence-corrected chi connectivity index (χ0v) is 37.8. The molecule has 30 heteroatoms. The van der Waals surface area contributed by atoms with Crippen molar-refractivity contribution in [2.75, 3.05) is 72.7 Å². The van der Waals surface area contributed by atoms with E-state index in [0.717, 1.165) is 0 Å². The molecule has 0 aromatic heterocycles. The summed E-state index contributed by atoms with van der Waals surface area (Å²) >= 11 is 0. The van der Waals surface area contributed by atoms with Crippen LogP contribution in [0, 0.1) is 12.9 Å². The summed E-state index contributed by atoms with van der Waals surface area (Å²) in [5, 5.41) is 48.0.